The number of nitrogens with zero attached hydrogens (tertiary/aromatic N) is 1. The largest absolute Gasteiger partial charge is 0.383 e. The first kappa shape index (κ1) is 15.1. The van der Waals surface area contributed by atoms with Gasteiger partial charge in [0.05, 0.1) is 6.61 Å². The summed E-state index contributed by atoms with van der Waals surface area (Å²) in [7, 11) is -2.14. The average Bonchev–Trinajstić information content (AvgIpc) is 2.70. The molecule has 0 bridgehead atoms. The van der Waals surface area contributed by atoms with E-state index in [4.69, 9.17) is 10.5 Å². The molecule has 4 N–H and O–H groups in total. The minimum absolute atomic E-state index is 0.0305. The summed E-state index contributed by atoms with van der Waals surface area (Å²) in [6, 6.07) is -0.275. The van der Waals surface area contributed by atoms with Crippen LogP contribution >= 0.6 is 0 Å². The van der Waals surface area contributed by atoms with E-state index in [1.807, 2.05) is 6.92 Å². The fourth-order valence-corrected chi connectivity index (χ4v) is 3.12. The Morgan fingerprint density at radius 3 is 2.72 bits per heavy atom. The summed E-state index contributed by atoms with van der Waals surface area (Å²) in [5.74, 6) is 0. The number of aryl methyl sites for hydroxylation is 1. The molecule has 0 saturated carbocycles. The van der Waals surface area contributed by atoms with E-state index in [9.17, 15) is 8.42 Å². The Kier molecular flexibility index (Phi) is 5.27. The number of ether oxygens (including phenoxy) is 1. The molecule has 1 aromatic heterocycles. The van der Waals surface area contributed by atoms with Crippen LogP contribution in [0.5, 0.6) is 0 Å². The van der Waals surface area contributed by atoms with Crippen molar-refractivity contribution in [3.05, 3.63) is 11.3 Å². The molecule has 7 nitrogen and oxygen atoms in total. The first-order valence-electron chi connectivity index (χ1n) is 5.71. The lowest BCUT2D eigenvalue weighted by Gasteiger charge is -2.15. The second-order valence-corrected chi connectivity index (χ2v) is 5.65. The lowest BCUT2D eigenvalue weighted by molar-refractivity contribution is 0.173. The maximum Gasteiger partial charge on any atom is 0.260 e. The van der Waals surface area contributed by atoms with Crippen molar-refractivity contribution in [2.45, 2.75) is 37.9 Å². The summed E-state index contributed by atoms with van der Waals surface area (Å²) in [5, 5.41) is 6.42. The smallest absolute Gasteiger partial charge is 0.260 e. The Morgan fingerprint density at radius 2 is 2.22 bits per heavy atom. The molecule has 0 aromatic carbocycles. The molecule has 0 aliphatic heterocycles. The molecule has 0 aliphatic rings. The van der Waals surface area contributed by atoms with E-state index >= 15 is 0 Å². The third-order valence-corrected chi connectivity index (χ3v) is 4.17. The summed E-state index contributed by atoms with van der Waals surface area (Å²) < 4.78 is 31.8. The van der Waals surface area contributed by atoms with Crippen LogP contribution in [0.1, 0.15) is 24.6 Å². The molecule has 104 valence electrons. The van der Waals surface area contributed by atoms with Crippen LogP contribution < -0.4 is 10.5 Å². The summed E-state index contributed by atoms with van der Waals surface area (Å²) >= 11 is 0. The van der Waals surface area contributed by atoms with E-state index in [-0.39, 0.29) is 17.6 Å². The first-order valence-corrected chi connectivity index (χ1v) is 7.19. The van der Waals surface area contributed by atoms with Gasteiger partial charge >= 0.3 is 0 Å². The highest BCUT2D eigenvalue weighted by atomic mass is 32.2. The van der Waals surface area contributed by atoms with Crippen LogP contribution in [-0.4, -0.2) is 38.4 Å². The summed E-state index contributed by atoms with van der Waals surface area (Å²) in [5.41, 5.74) is 6.71. The Bertz CT molecular complexity index is 483. The van der Waals surface area contributed by atoms with Crippen molar-refractivity contribution < 1.29 is 13.2 Å². The standard InChI is InChI=1S/C10H20N4O3S/c1-4-8(6-17-3)14-18(15,16)10-9(5-11)7(2)12-13-10/h8,14H,4-6,11H2,1-3H3,(H,12,13). The van der Waals surface area contributed by atoms with Crippen molar-refractivity contribution >= 4 is 10.0 Å². The Labute approximate surface area is 107 Å². The van der Waals surface area contributed by atoms with E-state index in [1.54, 1.807) is 6.92 Å². The molecule has 1 aromatic rings. The zero-order valence-corrected chi connectivity index (χ0v) is 11.7. The van der Waals surface area contributed by atoms with Crippen LogP contribution in [0.3, 0.4) is 0 Å². The number of rotatable bonds is 7. The minimum Gasteiger partial charge on any atom is -0.383 e. The second-order valence-electron chi connectivity index (χ2n) is 4.02. The highest BCUT2D eigenvalue weighted by Gasteiger charge is 2.25. The lowest BCUT2D eigenvalue weighted by Crippen LogP contribution is -2.38. The third-order valence-electron chi connectivity index (χ3n) is 2.68. The van der Waals surface area contributed by atoms with Crippen molar-refractivity contribution in [2.75, 3.05) is 13.7 Å². The number of hydrogen-bond acceptors (Lipinski definition) is 5. The van der Waals surface area contributed by atoms with Crippen LogP contribution in [-0.2, 0) is 21.3 Å². The molecule has 0 aliphatic carbocycles. The van der Waals surface area contributed by atoms with Gasteiger partial charge in [-0.25, -0.2) is 13.1 Å². The monoisotopic (exact) mass is 276 g/mol. The van der Waals surface area contributed by atoms with E-state index in [2.05, 4.69) is 14.9 Å². The number of aromatic amines is 1. The molecular formula is C10H20N4O3S. The molecule has 0 spiro atoms. The molecule has 1 heterocycles. The van der Waals surface area contributed by atoms with Gasteiger partial charge in [0.1, 0.15) is 0 Å². The quantitative estimate of drug-likeness (QED) is 0.643. The Morgan fingerprint density at radius 1 is 1.56 bits per heavy atom. The van der Waals surface area contributed by atoms with Crippen molar-refractivity contribution in [3.63, 3.8) is 0 Å². The summed E-state index contributed by atoms with van der Waals surface area (Å²) in [6.45, 7) is 4.06. The number of nitrogens with two attached hydrogens (primary N) is 1. The van der Waals surface area contributed by atoms with Crippen LogP contribution in [0.2, 0.25) is 0 Å². The normalized spacial score (nSPS) is 13.8. The van der Waals surface area contributed by atoms with E-state index in [0.717, 1.165) is 0 Å². The van der Waals surface area contributed by atoms with E-state index < -0.39 is 10.0 Å². The maximum atomic E-state index is 12.2. The molecule has 0 saturated heterocycles. The predicted molar refractivity (Wildman–Crippen MR) is 67.5 cm³/mol. The number of H-pyrrole nitrogens is 1. The van der Waals surface area contributed by atoms with Gasteiger partial charge in [0.15, 0.2) is 5.03 Å². The zero-order chi connectivity index (χ0) is 13.8. The van der Waals surface area contributed by atoms with Gasteiger partial charge in [0.25, 0.3) is 10.0 Å². The highest BCUT2D eigenvalue weighted by Crippen LogP contribution is 2.15. The fraction of sp³-hybridized carbons (Fsp3) is 0.700. The van der Waals surface area contributed by atoms with Crippen LogP contribution in [0.25, 0.3) is 0 Å². The topological polar surface area (TPSA) is 110 Å². The SMILES string of the molecule is CCC(COC)NS(=O)(=O)c1n[nH]c(C)c1CN. The number of hydrogen-bond donors (Lipinski definition) is 3. The van der Waals surface area contributed by atoms with Gasteiger partial charge in [0, 0.05) is 31.0 Å². The molecule has 1 atom stereocenters. The lowest BCUT2D eigenvalue weighted by atomic mass is 10.3. The molecule has 1 unspecified atom stereocenters. The van der Waals surface area contributed by atoms with Crippen molar-refractivity contribution in [1.82, 2.24) is 14.9 Å². The zero-order valence-electron chi connectivity index (χ0n) is 10.9. The molecule has 18 heavy (non-hydrogen) atoms. The van der Waals surface area contributed by atoms with Crippen LogP contribution in [0.15, 0.2) is 5.03 Å². The van der Waals surface area contributed by atoms with Crippen molar-refractivity contribution in [3.8, 4) is 0 Å². The van der Waals surface area contributed by atoms with E-state index in [0.29, 0.717) is 24.3 Å². The summed E-state index contributed by atoms with van der Waals surface area (Å²) in [6.07, 6.45) is 0.633. The molecule has 0 fully saturated rings. The third kappa shape index (κ3) is 3.29. The van der Waals surface area contributed by atoms with Gasteiger partial charge < -0.3 is 10.5 Å². The summed E-state index contributed by atoms with van der Waals surface area (Å²) in [4.78, 5) is 0. The number of nitrogens with one attached hydrogen (secondary N) is 2. The van der Waals surface area contributed by atoms with Gasteiger partial charge in [0.2, 0.25) is 0 Å². The number of sulfonamides is 1. The number of aromatic nitrogens is 2. The molecule has 8 heteroatoms. The highest BCUT2D eigenvalue weighted by molar-refractivity contribution is 7.89. The van der Waals surface area contributed by atoms with Crippen LogP contribution in [0.4, 0.5) is 0 Å². The minimum atomic E-state index is -3.67. The van der Waals surface area contributed by atoms with Crippen molar-refractivity contribution in [1.29, 1.82) is 0 Å². The predicted octanol–water partition coefficient (Wildman–Crippen LogP) is -0.120. The Hall–Kier alpha value is -0.960. The van der Waals surface area contributed by atoms with Gasteiger partial charge in [-0.1, -0.05) is 6.92 Å². The van der Waals surface area contributed by atoms with Crippen LogP contribution in [0, 0.1) is 6.92 Å². The maximum absolute atomic E-state index is 12.2. The van der Waals surface area contributed by atoms with E-state index in [1.165, 1.54) is 7.11 Å². The van der Waals surface area contributed by atoms with Crippen molar-refractivity contribution in [2.24, 2.45) is 5.73 Å². The molecule has 1 rings (SSSR count). The van der Waals surface area contributed by atoms with Gasteiger partial charge in [-0.2, -0.15) is 5.10 Å². The number of methoxy groups -OCH3 is 1. The van der Waals surface area contributed by atoms with Gasteiger partial charge in [-0.15, -0.1) is 0 Å². The fourth-order valence-electron chi connectivity index (χ4n) is 1.60. The van der Waals surface area contributed by atoms with Gasteiger partial charge in [-0.3, -0.25) is 5.10 Å². The molecule has 0 amide bonds. The average molecular weight is 276 g/mol. The second kappa shape index (κ2) is 6.28. The van der Waals surface area contributed by atoms with Gasteiger partial charge in [-0.05, 0) is 13.3 Å². The molecular weight excluding hydrogens is 256 g/mol. The first-order chi connectivity index (χ1) is 8.46. The molecule has 0 radical (unpaired) electrons. The Balaban J connectivity index is 2.98.